The Labute approximate surface area is 101 Å². The van der Waals surface area contributed by atoms with Crippen LogP contribution in [0.25, 0.3) is 0 Å². The molecule has 0 aliphatic heterocycles. The van der Waals surface area contributed by atoms with E-state index in [2.05, 4.69) is 23.5 Å². The molecular formula is C13H16N2O2. The first kappa shape index (κ1) is 11.7. The highest BCUT2D eigenvalue weighted by Gasteiger charge is 2.03. The van der Waals surface area contributed by atoms with Crippen molar-refractivity contribution in [2.75, 3.05) is 7.11 Å². The van der Waals surface area contributed by atoms with Crippen molar-refractivity contribution in [2.45, 2.75) is 20.0 Å². The molecule has 1 heterocycles. The van der Waals surface area contributed by atoms with Gasteiger partial charge in [0.25, 0.3) is 0 Å². The third-order valence-corrected chi connectivity index (χ3v) is 2.54. The van der Waals surface area contributed by atoms with Crippen LogP contribution in [0.15, 0.2) is 35.0 Å². The molecule has 2 aromatic rings. The third kappa shape index (κ3) is 3.07. The summed E-state index contributed by atoms with van der Waals surface area (Å²) < 4.78 is 10.3. The Morgan fingerprint density at radius 2 is 2.18 bits per heavy atom. The zero-order valence-corrected chi connectivity index (χ0v) is 10.1. The van der Waals surface area contributed by atoms with Crippen LogP contribution in [0.1, 0.15) is 16.9 Å². The first-order valence-electron chi connectivity index (χ1n) is 5.53. The molecule has 1 aromatic carbocycles. The van der Waals surface area contributed by atoms with Crippen LogP contribution in [0, 0.1) is 6.92 Å². The summed E-state index contributed by atoms with van der Waals surface area (Å²) in [7, 11) is 1.69. The standard InChI is InChI=1S/C13H16N2O2/c1-10-3-4-13(16-2)11(7-10)8-14-9-12-5-6-15-17-12/h3-7,14H,8-9H2,1-2H3. The molecule has 17 heavy (non-hydrogen) atoms. The lowest BCUT2D eigenvalue weighted by Crippen LogP contribution is -2.13. The second-order valence-electron chi connectivity index (χ2n) is 3.90. The topological polar surface area (TPSA) is 47.3 Å². The summed E-state index contributed by atoms with van der Waals surface area (Å²) in [6.07, 6.45) is 1.64. The highest BCUT2D eigenvalue weighted by atomic mass is 16.5. The lowest BCUT2D eigenvalue weighted by Gasteiger charge is -2.09. The van der Waals surface area contributed by atoms with Crippen LogP contribution < -0.4 is 10.1 Å². The lowest BCUT2D eigenvalue weighted by molar-refractivity contribution is 0.371. The van der Waals surface area contributed by atoms with E-state index >= 15 is 0 Å². The summed E-state index contributed by atoms with van der Waals surface area (Å²) in [5, 5.41) is 6.95. The molecule has 90 valence electrons. The zero-order valence-electron chi connectivity index (χ0n) is 10.1. The average molecular weight is 232 g/mol. The van der Waals surface area contributed by atoms with Crippen molar-refractivity contribution in [3.05, 3.63) is 47.3 Å². The summed E-state index contributed by atoms with van der Waals surface area (Å²) in [5.41, 5.74) is 2.37. The SMILES string of the molecule is COc1ccc(C)cc1CNCc1ccno1. The molecular weight excluding hydrogens is 216 g/mol. The fourth-order valence-corrected chi connectivity index (χ4v) is 1.70. The van der Waals surface area contributed by atoms with Crippen LogP contribution in [-0.2, 0) is 13.1 Å². The van der Waals surface area contributed by atoms with Crippen LogP contribution in [0.4, 0.5) is 0 Å². The molecule has 0 aliphatic carbocycles. The molecule has 0 fully saturated rings. The first-order valence-corrected chi connectivity index (χ1v) is 5.53. The fraction of sp³-hybridized carbons (Fsp3) is 0.308. The smallest absolute Gasteiger partial charge is 0.150 e. The van der Waals surface area contributed by atoms with Gasteiger partial charge in [-0.2, -0.15) is 0 Å². The minimum Gasteiger partial charge on any atom is -0.496 e. The van der Waals surface area contributed by atoms with Gasteiger partial charge >= 0.3 is 0 Å². The van der Waals surface area contributed by atoms with Crippen LogP contribution in [0.5, 0.6) is 5.75 Å². The first-order chi connectivity index (χ1) is 8.29. The molecule has 0 saturated heterocycles. The Balaban J connectivity index is 1.96. The van der Waals surface area contributed by atoms with Gasteiger partial charge in [0.15, 0.2) is 0 Å². The van der Waals surface area contributed by atoms with Gasteiger partial charge in [0.05, 0.1) is 19.9 Å². The van der Waals surface area contributed by atoms with E-state index in [9.17, 15) is 0 Å². The van der Waals surface area contributed by atoms with Crippen LogP contribution >= 0.6 is 0 Å². The van der Waals surface area contributed by atoms with E-state index in [4.69, 9.17) is 9.26 Å². The summed E-state index contributed by atoms with van der Waals surface area (Å²) in [6, 6.07) is 7.99. The van der Waals surface area contributed by atoms with Crippen LogP contribution in [0.3, 0.4) is 0 Å². The van der Waals surface area contributed by atoms with Gasteiger partial charge in [-0.15, -0.1) is 0 Å². The van der Waals surface area contributed by atoms with E-state index < -0.39 is 0 Å². The molecule has 4 heteroatoms. The highest BCUT2D eigenvalue weighted by Crippen LogP contribution is 2.19. The normalized spacial score (nSPS) is 10.5. The van der Waals surface area contributed by atoms with E-state index in [0.29, 0.717) is 6.54 Å². The van der Waals surface area contributed by atoms with Gasteiger partial charge in [-0.3, -0.25) is 0 Å². The molecule has 1 aromatic heterocycles. The van der Waals surface area contributed by atoms with Crippen molar-refractivity contribution in [1.29, 1.82) is 0 Å². The molecule has 4 nitrogen and oxygen atoms in total. The fourth-order valence-electron chi connectivity index (χ4n) is 1.70. The Bertz CT molecular complexity index is 466. The second-order valence-corrected chi connectivity index (χ2v) is 3.90. The van der Waals surface area contributed by atoms with Crippen LogP contribution in [0.2, 0.25) is 0 Å². The van der Waals surface area contributed by atoms with Gasteiger partial charge < -0.3 is 14.6 Å². The maximum Gasteiger partial charge on any atom is 0.150 e. The zero-order chi connectivity index (χ0) is 12.1. The van der Waals surface area contributed by atoms with E-state index in [1.807, 2.05) is 18.2 Å². The number of ether oxygens (including phenoxy) is 1. The monoisotopic (exact) mass is 232 g/mol. The Hall–Kier alpha value is -1.81. The lowest BCUT2D eigenvalue weighted by atomic mass is 10.1. The van der Waals surface area contributed by atoms with E-state index in [0.717, 1.165) is 23.6 Å². The molecule has 0 spiro atoms. The molecule has 0 bridgehead atoms. The van der Waals surface area contributed by atoms with Crippen molar-refractivity contribution < 1.29 is 9.26 Å². The van der Waals surface area contributed by atoms with Crippen molar-refractivity contribution >= 4 is 0 Å². The van der Waals surface area contributed by atoms with E-state index in [1.165, 1.54) is 5.56 Å². The highest BCUT2D eigenvalue weighted by molar-refractivity contribution is 5.36. The van der Waals surface area contributed by atoms with E-state index in [-0.39, 0.29) is 0 Å². The van der Waals surface area contributed by atoms with Crippen molar-refractivity contribution in [3.8, 4) is 5.75 Å². The Kier molecular flexibility index (Phi) is 3.77. The summed E-state index contributed by atoms with van der Waals surface area (Å²) in [5.74, 6) is 1.73. The number of aryl methyl sites for hydroxylation is 1. The Morgan fingerprint density at radius 3 is 2.88 bits per heavy atom. The largest absolute Gasteiger partial charge is 0.496 e. The average Bonchev–Trinajstić information content (AvgIpc) is 2.82. The number of rotatable bonds is 5. The summed E-state index contributed by atoms with van der Waals surface area (Å²) >= 11 is 0. The second kappa shape index (κ2) is 5.50. The number of nitrogens with zero attached hydrogens (tertiary/aromatic N) is 1. The molecule has 0 radical (unpaired) electrons. The maximum atomic E-state index is 5.31. The number of methoxy groups -OCH3 is 1. The number of nitrogens with one attached hydrogen (secondary N) is 1. The number of aromatic nitrogens is 1. The van der Waals surface area contributed by atoms with Crippen molar-refractivity contribution in [3.63, 3.8) is 0 Å². The van der Waals surface area contributed by atoms with Crippen molar-refractivity contribution in [1.82, 2.24) is 10.5 Å². The molecule has 0 amide bonds. The predicted molar refractivity (Wildman–Crippen MR) is 64.8 cm³/mol. The predicted octanol–water partition coefficient (Wildman–Crippen LogP) is 2.28. The maximum absolute atomic E-state index is 5.31. The van der Waals surface area contributed by atoms with Gasteiger partial charge in [0.1, 0.15) is 11.5 Å². The quantitative estimate of drug-likeness (QED) is 0.859. The molecule has 1 N–H and O–H groups in total. The van der Waals surface area contributed by atoms with Gasteiger partial charge in [0, 0.05) is 18.2 Å². The number of benzene rings is 1. The minimum absolute atomic E-state index is 0.664. The van der Waals surface area contributed by atoms with Gasteiger partial charge in [-0.25, -0.2) is 0 Å². The number of hydrogen-bond acceptors (Lipinski definition) is 4. The summed E-state index contributed by atoms with van der Waals surface area (Å²) in [6.45, 7) is 3.47. The molecule has 0 unspecified atom stereocenters. The molecule has 0 saturated carbocycles. The van der Waals surface area contributed by atoms with Crippen LogP contribution in [-0.4, -0.2) is 12.3 Å². The van der Waals surface area contributed by atoms with Gasteiger partial charge in [-0.05, 0) is 13.0 Å². The minimum atomic E-state index is 0.664. The van der Waals surface area contributed by atoms with Gasteiger partial charge in [-0.1, -0.05) is 22.9 Å². The molecule has 2 rings (SSSR count). The Morgan fingerprint density at radius 1 is 1.29 bits per heavy atom. The number of hydrogen-bond donors (Lipinski definition) is 1. The van der Waals surface area contributed by atoms with Crippen molar-refractivity contribution in [2.24, 2.45) is 0 Å². The van der Waals surface area contributed by atoms with E-state index in [1.54, 1.807) is 13.3 Å². The third-order valence-electron chi connectivity index (χ3n) is 2.54. The summed E-state index contributed by atoms with van der Waals surface area (Å²) in [4.78, 5) is 0. The molecule has 0 atom stereocenters. The molecule has 0 aliphatic rings. The van der Waals surface area contributed by atoms with Gasteiger partial charge in [0.2, 0.25) is 0 Å².